The van der Waals surface area contributed by atoms with Gasteiger partial charge in [0.15, 0.2) is 11.0 Å². The lowest BCUT2D eigenvalue weighted by atomic mass is 10.0. The van der Waals surface area contributed by atoms with Crippen LogP contribution in [0.25, 0.3) is 17.1 Å². The number of hydrogen-bond donors (Lipinski definition) is 0. The summed E-state index contributed by atoms with van der Waals surface area (Å²) in [6.45, 7) is 6.23. The molecule has 2 amide bonds. The molecule has 0 aliphatic carbocycles. The molecule has 192 valence electrons. The van der Waals surface area contributed by atoms with Crippen molar-refractivity contribution in [2.75, 3.05) is 10.7 Å². The molecule has 38 heavy (non-hydrogen) atoms. The van der Waals surface area contributed by atoms with Crippen molar-refractivity contribution in [1.82, 2.24) is 14.8 Å². The normalized spacial score (nSPS) is 14.6. The van der Waals surface area contributed by atoms with Gasteiger partial charge < -0.3 is 0 Å². The molecule has 0 saturated carbocycles. The molecule has 0 N–H and O–H groups in total. The fourth-order valence-electron chi connectivity index (χ4n) is 4.31. The number of nitrogens with zero attached hydrogens (tertiary/aromatic N) is 5. The summed E-state index contributed by atoms with van der Waals surface area (Å²) in [5.41, 5.74) is 5.95. The lowest BCUT2D eigenvalue weighted by molar-refractivity contribution is -0.117. The Morgan fingerprint density at radius 3 is 2.50 bits per heavy atom. The molecule has 1 saturated heterocycles. The quantitative estimate of drug-likeness (QED) is 0.299. The molecular formula is C30H29N5O2S. The Bertz CT molecular complexity index is 1490. The smallest absolute Gasteiger partial charge is 0.248 e. The summed E-state index contributed by atoms with van der Waals surface area (Å²) in [4.78, 5) is 35.8. The first-order chi connectivity index (χ1) is 18.4. The molecule has 1 aromatic heterocycles. The molecule has 8 heteroatoms. The SMILES string of the molecule is Cc1ccc(-n2cnc(-c3ccc(CCC(=O)N=C4SCC(=O)N4c4ccccc4C(C)C)cc3)n2)cc1. The largest absolute Gasteiger partial charge is 0.273 e. The lowest BCUT2D eigenvalue weighted by Crippen LogP contribution is -2.31. The van der Waals surface area contributed by atoms with Gasteiger partial charge in [-0.25, -0.2) is 9.67 Å². The zero-order valence-corrected chi connectivity index (χ0v) is 22.5. The molecule has 7 nitrogen and oxygen atoms in total. The summed E-state index contributed by atoms with van der Waals surface area (Å²) in [7, 11) is 0. The number of anilines is 1. The second-order valence-electron chi connectivity index (χ2n) is 9.56. The van der Waals surface area contributed by atoms with Gasteiger partial charge in [0, 0.05) is 12.0 Å². The summed E-state index contributed by atoms with van der Waals surface area (Å²) in [5, 5.41) is 5.05. The second-order valence-corrected chi connectivity index (χ2v) is 10.5. The molecule has 0 atom stereocenters. The second kappa shape index (κ2) is 11.1. The first-order valence-corrected chi connectivity index (χ1v) is 13.6. The van der Waals surface area contributed by atoms with E-state index in [1.165, 1.54) is 17.3 Å². The number of hydrogen-bond acceptors (Lipinski definition) is 5. The van der Waals surface area contributed by atoms with Crippen molar-refractivity contribution in [3.05, 3.63) is 95.8 Å². The van der Waals surface area contributed by atoms with E-state index in [0.29, 0.717) is 17.4 Å². The number of carbonyl (C=O) groups excluding carboxylic acids is 2. The molecular weight excluding hydrogens is 494 g/mol. The highest BCUT2D eigenvalue weighted by molar-refractivity contribution is 8.15. The predicted octanol–water partition coefficient (Wildman–Crippen LogP) is 5.96. The van der Waals surface area contributed by atoms with Gasteiger partial charge in [0.1, 0.15) is 6.33 Å². The number of thioether (sulfide) groups is 1. The minimum absolute atomic E-state index is 0.0522. The van der Waals surface area contributed by atoms with Crippen LogP contribution < -0.4 is 4.90 Å². The van der Waals surface area contributed by atoms with Crippen molar-refractivity contribution in [2.24, 2.45) is 4.99 Å². The van der Waals surface area contributed by atoms with Gasteiger partial charge in [-0.2, -0.15) is 4.99 Å². The van der Waals surface area contributed by atoms with Gasteiger partial charge in [0.05, 0.1) is 17.1 Å². The Labute approximate surface area is 226 Å². The highest BCUT2D eigenvalue weighted by Gasteiger charge is 2.32. The minimum atomic E-state index is -0.239. The summed E-state index contributed by atoms with van der Waals surface area (Å²) < 4.78 is 1.76. The van der Waals surface area contributed by atoms with Crippen LogP contribution in [0, 0.1) is 6.92 Å². The Balaban J connectivity index is 1.24. The fourth-order valence-corrected chi connectivity index (χ4v) is 5.19. The molecule has 0 spiro atoms. The van der Waals surface area contributed by atoms with Crippen molar-refractivity contribution in [3.63, 3.8) is 0 Å². The zero-order chi connectivity index (χ0) is 26.6. The Kier molecular flexibility index (Phi) is 7.51. The van der Waals surface area contributed by atoms with E-state index in [-0.39, 0.29) is 29.9 Å². The number of rotatable bonds is 7. The van der Waals surface area contributed by atoms with Crippen LogP contribution in [0.1, 0.15) is 42.9 Å². The average molecular weight is 524 g/mol. The van der Waals surface area contributed by atoms with Gasteiger partial charge in [-0.15, -0.1) is 5.10 Å². The van der Waals surface area contributed by atoms with Crippen LogP contribution in [0.3, 0.4) is 0 Å². The van der Waals surface area contributed by atoms with Gasteiger partial charge >= 0.3 is 0 Å². The van der Waals surface area contributed by atoms with Crippen LogP contribution in [-0.4, -0.2) is 37.5 Å². The molecule has 1 aliphatic heterocycles. The molecule has 0 bridgehead atoms. The molecule has 4 aromatic rings. The lowest BCUT2D eigenvalue weighted by Gasteiger charge is -2.21. The summed E-state index contributed by atoms with van der Waals surface area (Å²) >= 11 is 1.31. The Hall–Kier alpha value is -4.04. The van der Waals surface area contributed by atoms with Gasteiger partial charge in [-0.05, 0) is 48.6 Å². The average Bonchev–Trinajstić information content (AvgIpc) is 3.55. The molecule has 0 unspecified atom stereocenters. The van der Waals surface area contributed by atoms with Crippen molar-refractivity contribution < 1.29 is 9.59 Å². The van der Waals surface area contributed by atoms with Crippen molar-refractivity contribution in [2.45, 2.75) is 39.5 Å². The number of para-hydroxylation sites is 1. The molecule has 3 aromatic carbocycles. The summed E-state index contributed by atoms with van der Waals surface area (Å²) in [6, 6.07) is 23.8. The van der Waals surface area contributed by atoms with Crippen LogP contribution in [0.15, 0.2) is 84.1 Å². The fraction of sp³-hybridized carbons (Fsp3) is 0.233. The third kappa shape index (κ3) is 5.60. The van der Waals surface area contributed by atoms with E-state index in [2.05, 4.69) is 35.8 Å². The maximum atomic E-state index is 12.8. The van der Waals surface area contributed by atoms with Crippen LogP contribution in [0.2, 0.25) is 0 Å². The first kappa shape index (κ1) is 25.6. The van der Waals surface area contributed by atoms with E-state index in [1.807, 2.05) is 72.8 Å². The highest BCUT2D eigenvalue weighted by atomic mass is 32.2. The van der Waals surface area contributed by atoms with Crippen molar-refractivity contribution in [3.8, 4) is 17.1 Å². The topological polar surface area (TPSA) is 80.4 Å². The third-order valence-electron chi connectivity index (χ3n) is 6.42. The van der Waals surface area contributed by atoms with Gasteiger partial charge in [0.2, 0.25) is 11.8 Å². The van der Waals surface area contributed by atoms with Crippen molar-refractivity contribution >= 4 is 34.4 Å². The predicted molar refractivity (Wildman–Crippen MR) is 153 cm³/mol. The van der Waals surface area contributed by atoms with Crippen LogP contribution in [0.5, 0.6) is 0 Å². The summed E-state index contributed by atoms with van der Waals surface area (Å²) in [6.07, 6.45) is 2.53. The number of aliphatic imine (C=N–C) groups is 1. The standard InChI is InChI=1S/C30H29N5O2S/c1-20(2)25-6-4-5-7-26(25)35-28(37)18-38-30(35)32-27(36)17-12-22-10-13-23(14-11-22)29-31-19-34(33-29)24-15-8-21(3)9-16-24/h4-11,13-16,19-20H,12,17-18H2,1-3H3. The molecule has 5 rings (SSSR count). The van der Waals surface area contributed by atoms with E-state index < -0.39 is 0 Å². The van der Waals surface area contributed by atoms with E-state index in [0.717, 1.165) is 28.1 Å². The van der Waals surface area contributed by atoms with Gasteiger partial charge in [-0.1, -0.05) is 85.8 Å². The highest BCUT2D eigenvalue weighted by Crippen LogP contribution is 2.33. The molecule has 0 radical (unpaired) electrons. The Morgan fingerprint density at radius 2 is 1.76 bits per heavy atom. The van der Waals surface area contributed by atoms with Crippen LogP contribution >= 0.6 is 11.8 Å². The number of carbonyl (C=O) groups is 2. The van der Waals surface area contributed by atoms with Gasteiger partial charge in [-0.3, -0.25) is 14.5 Å². The Morgan fingerprint density at radius 1 is 1.03 bits per heavy atom. The number of aromatic nitrogens is 3. The van der Waals surface area contributed by atoms with Crippen LogP contribution in [0.4, 0.5) is 5.69 Å². The summed E-state index contributed by atoms with van der Waals surface area (Å²) in [5.74, 6) is 0.883. The van der Waals surface area contributed by atoms with E-state index in [4.69, 9.17) is 0 Å². The molecule has 1 fully saturated rings. The van der Waals surface area contributed by atoms with Crippen LogP contribution in [-0.2, 0) is 16.0 Å². The minimum Gasteiger partial charge on any atom is -0.273 e. The monoisotopic (exact) mass is 523 g/mol. The number of amides is 2. The van der Waals surface area contributed by atoms with E-state index in [9.17, 15) is 9.59 Å². The van der Waals surface area contributed by atoms with Gasteiger partial charge in [0.25, 0.3) is 0 Å². The molecule has 1 aliphatic rings. The van der Waals surface area contributed by atoms with E-state index >= 15 is 0 Å². The third-order valence-corrected chi connectivity index (χ3v) is 7.34. The number of aryl methyl sites for hydroxylation is 2. The number of benzene rings is 3. The van der Waals surface area contributed by atoms with E-state index in [1.54, 1.807) is 15.9 Å². The van der Waals surface area contributed by atoms with Crippen molar-refractivity contribution in [1.29, 1.82) is 0 Å². The maximum Gasteiger partial charge on any atom is 0.248 e. The molecule has 2 heterocycles. The maximum absolute atomic E-state index is 12.8. The zero-order valence-electron chi connectivity index (χ0n) is 21.7. The first-order valence-electron chi connectivity index (χ1n) is 12.6. The number of amidine groups is 1.